The van der Waals surface area contributed by atoms with E-state index in [2.05, 4.69) is 43.4 Å². The van der Waals surface area contributed by atoms with Crippen molar-refractivity contribution < 1.29 is 0 Å². The molecule has 2 aromatic rings. The molecule has 17 heavy (non-hydrogen) atoms. The highest BCUT2D eigenvalue weighted by atomic mass is 35.5. The summed E-state index contributed by atoms with van der Waals surface area (Å²) in [4.78, 5) is 2.62. The van der Waals surface area contributed by atoms with Gasteiger partial charge in [0.15, 0.2) is 0 Å². The zero-order chi connectivity index (χ0) is 12.3. The normalized spacial score (nSPS) is 10.8. The summed E-state index contributed by atoms with van der Waals surface area (Å²) in [5, 5.41) is 4.16. The molecule has 0 saturated heterocycles. The molecule has 0 aliphatic heterocycles. The molecule has 0 radical (unpaired) electrons. The van der Waals surface area contributed by atoms with Gasteiger partial charge in [-0.1, -0.05) is 24.6 Å². The first-order chi connectivity index (χ1) is 8.20. The Hall–Kier alpha value is -0.830. The lowest BCUT2D eigenvalue weighted by atomic mass is 10.1. The van der Waals surface area contributed by atoms with Gasteiger partial charge in [-0.2, -0.15) is 0 Å². The molecule has 1 aromatic heterocycles. The third-order valence-electron chi connectivity index (χ3n) is 2.64. The Kier molecular flexibility index (Phi) is 4.21. The van der Waals surface area contributed by atoms with Crippen LogP contribution in [0.1, 0.15) is 17.4 Å². The maximum atomic E-state index is 6.09. The average Bonchev–Trinajstić information content (AvgIpc) is 2.74. The maximum absolute atomic E-state index is 6.09. The second-order valence-electron chi connectivity index (χ2n) is 3.99. The van der Waals surface area contributed by atoms with Crippen molar-refractivity contribution in [2.75, 3.05) is 6.54 Å². The number of thiophene rings is 1. The van der Waals surface area contributed by atoms with Gasteiger partial charge in [0.1, 0.15) is 0 Å². The van der Waals surface area contributed by atoms with Gasteiger partial charge < -0.3 is 5.32 Å². The van der Waals surface area contributed by atoms with E-state index in [9.17, 15) is 0 Å². The van der Waals surface area contributed by atoms with Gasteiger partial charge >= 0.3 is 0 Å². The molecule has 90 valence electrons. The van der Waals surface area contributed by atoms with Gasteiger partial charge in [-0.05, 0) is 48.9 Å². The van der Waals surface area contributed by atoms with Crippen molar-refractivity contribution >= 4 is 22.9 Å². The van der Waals surface area contributed by atoms with E-state index >= 15 is 0 Å². The largest absolute Gasteiger partial charge is 0.313 e. The lowest BCUT2D eigenvalue weighted by Crippen LogP contribution is -2.12. The Bertz CT molecular complexity index is 505. The number of aryl methyl sites for hydroxylation is 1. The molecule has 1 aromatic carbocycles. The van der Waals surface area contributed by atoms with Crippen molar-refractivity contribution in [2.45, 2.75) is 20.4 Å². The molecular weight excluding hydrogens is 250 g/mol. The van der Waals surface area contributed by atoms with Crippen molar-refractivity contribution in [1.82, 2.24) is 5.32 Å². The van der Waals surface area contributed by atoms with Crippen molar-refractivity contribution in [3.05, 3.63) is 45.8 Å². The quantitative estimate of drug-likeness (QED) is 0.859. The van der Waals surface area contributed by atoms with Crippen LogP contribution in [-0.4, -0.2) is 6.54 Å². The van der Waals surface area contributed by atoms with Gasteiger partial charge in [0.2, 0.25) is 0 Å². The number of rotatable bonds is 4. The molecule has 0 aliphatic carbocycles. The smallest absolute Gasteiger partial charge is 0.0412 e. The van der Waals surface area contributed by atoms with Crippen LogP contribution in [-0.2, 0) is 6.54 Å². The maximum Gasteiger partial charge on any atom is 0.0412 e. The van der Waals surface area contributed by atoms with Gasteiger partial charge in [-0.25, -0.2) is 0 Å². The number of benzene rings is 1. The Morgan fingerprint density at radius 3 is 2.71 bits per heavy atom. The molecule has 1 nitrogen and oxygen atoms in total. The van der Waals surface area contributed by atoms with Crippen LogP contribution in [0.15, 0.2) is 30.3 Å². The third kappa shape index (κ3) is 3.09. The van der Waals surface area contributed by atoms with Gasteiger partial charge in [0, 0.05) is 21.3 Å². The van der Waals surface area contributed by atoms with Gasteiger partial charge in [-0.3, -0.25) is 0 Å². The van der Waals surface area contributed by atoms with Crippen LogP contribution in [0.5, 0.6) is 0 Å². The highest BCUT2D eigenvalue weighted by Gasteiger charge is 2.07. The molecule has 0 amide bonds. The zero-order valence-electron chi connectivity index (χ0n) is 10.1. The van der Waals surface area contributed by atoms with E-state index in [0.717, 1.165) is 18.1 Å². The van der Waals surface area contributed by atoms with Crippen molar-refractivity contribution in [2.24, 2.45) is 0 Å². The molecule has 0 atom stereocenters. The van der Waals surface area contributed by atoms with E-state index < -0.39 is 0 Å². The summed E-state index contributed by atoms with van der Waals surface area (Å²) < 4.78 is 0. The van der Waals surface area contributed by atoms with Crippen LogP contribution in [0.25, 0.3) is 10.4 Å². The lowest BCUT2D eigenvalue weighted by molar-refractivity contribution is 0.728. The SMILES string of the molecule is CCNCc1ccc(Cl)cc1-c1ccc(C)s1. The van der Waals surface area contributed by atoms with E-state index in [1.807, 2.05) is 17.4 Å². The van der Waals surface area contributed by atoms with Crippen molar-refractivity contribution in [3.63, 3.8) is 0 Å². The number of hydrogen-bond acceptors (Lipinski definition) is 2. The van der Waals surface area contributed by atoms with Gasteiger partial charge in [0.25, 0.3) is 0 Å². The van der Waals surface area contributed by atoms with E-state index in [0.29, 0.717) is 0 Å². The molecule has 0 fully saturated rings. The summed E-state index contributed by atoms with van der Waals surface area (Å²) in [6.07, 6.45) is 0. The first-order valence-electron chi connectivity index (χ1n) is 5.76. The van der Waals surface area contributed by atoms with E-state index in [-0.39, 0.29) is 0 Å². The first-order valence-corrected chi connectivity index (χ1v) is 6.96. The highest BCUT2D eigenvalue weighted by Crippen LogP contribution is 2.32. The van der Waals surface area contributed by atoms with Crippen molar-refractivity contribution in [3.8, 4) is 10.4 Å². The van der Waals surface area contributed by atoms with Crippen LogP contribution in [0.4, 0.5) is 0 Å². The fourth-order valence-electron chi connectivity index (χ4n) is 1.77. The molecular formula is C14H16ClNS. The Morgan fingerprint density at radius 2 is 2.06 bits per heavy atom. The molecule has 0 saturated carbocycles. The Labute approximate surface area is 111 Å². The molecule has 0 aliphatic rings. The summed E-state index contributed by atoms with van der Waals surface area (Å²) in [6, 6.07) is 10.4. The summed E-state index contributed by atoms with van der Waals surface area (Å²) in [7, 11) is 0. The topological polar surface area (TPSA) is 12.0 Å². The molecule has 1 N–H and O–H groups in total. The molecule has 0 spiro atoms. The van der Waals surface area contributed by atoms with Crippen molar-refractivity contribution in [1.29, 1.82) is 0 Å². The van der Waals surface area contributed by atoms with Crippen LogP contribution in [0.2, 0.25) is 5.02 Å². The predicted molar refractivity (Wildman–Crippen MR) is 76.9 cm³/mol. The number of halogens is 1. The third-order valence-corrected chi connectivity index (χ3v) is 3.91. The van der Waals surface area contributed by atoms with E-state index in [1.165, 1.54) is 20.9 Å². The average molecular weight is 266 g/mol. The van der Waals surface area contributed by atoms with Crippen LogP contribution in [0, 0.1) is 6.92 Å². The summed E-state index contributed by atoms with van der Waals surface area (Å²) >= 11 is 7.90. The van der Waals surface area contributed by atoms with Gasteiger partial charge in [0.05, 0.1) is 0 Å². The van der Waals surface area contributed by atoms with Crippen LogP contribution >= 0.6 is 22.9 Å². The highest BCUT2D eigenvalue weighted by molar-refractivity contribution is 7.15. The molecule has 3 heteroatoms. The molecule has 2 rings (SSSR count). The number of hydrogen-bond donors (Lipinski definition) is 1. The minimum Gasteiger partial charge on any atom is -0.313 e. The fraction of sp³-hybridized carbons (Fsp3) is 0.286. The molecule has 1 heterocycles. The standard InChI is InChI=1S/C14H16ClNS/c1-3-16-9-11-5-6-12(15)8-13(11)14-7-4-10(2)17-14/h4-8,16H,3,9H2,1-2H3. The minimum atomic E-state index is 0.798. The Balaban J connectivity index is 2.39. The minimum absolute atomic E-state index is 0.798. The zero-order valence-corrected chi connectivity index (χ0v) is 11.7. The second-order valence-corrected chi connectivity index (χ2v) is 5.72. The summed E-state index contributed by atoms with van der Waals surface area (Å²) in [5.74, 6) is 0. The monoisotopic (exact) mass is 265 g/mol. The molecule has 0 unspecified atom stereocenters. The Morgan fingerprint density at radius 1 is 1.24 bits per heavy atom. The first kappa shape index (κ1) is 12.6. The van der Waals surface area contributed by atoms with Crippen LogP contribution < -0.4 is 5.32 Å². The molecule has 0 bridgehead atoms. The van der Waals surface area contributed by atoms with E-state index in [1.54, 1.807) is 0 Å². The fourth-order valence-corrected chi connectivity index (χ4v) is 2.86. The van der Waals surface area contributed by atoms with Crippen LogP contribution in [0.3, 0.4) is 0 Å². The summed E-state index contributed by atoms with van der Waals surface area (Å²) in [5.41, 5.74) is 2.55. The summed E-state index contributed by atoms with van der Waals surface area (Å²) in [6.45, 7) is 6.11. The second kappa shape index (κ2) is 5.67. The van der Waals surface area contributed by atoms with E-state index in [4.69, 9.17) is 11.6 Å². The predicted octanol–water partition coefficient (Wildman–Crippen LogP) is 4.49. The van der Waals surface area contributed by atoms with Gasteiger partial charge in [-0.15, -0.1) is 11.3 Å². The number of nitrogens with one attached hydrogen (secondary N) is 1. The lowest BCUT2D eigenvalue weighted by Gasteiger charge is -2.09.